The third-order valence-electron chi connectivity index (χ3n) is 1.12. The molecule has 0 bridgehead atoms. The summed E-state index contributed by atoms with van der Waals surface area (Å²) in [5.74, 6) is 0. The number of alkyl halides is 3. The summed E-state index contributed by atoms with van der Waals surface area (Å²) in [5, 5.41) is 0. The molecule has 0 aliphatic heterocycles. The summed E-state index contributed by atoms with van der Waals surface area (Å²) in [6, 6.07) is 0. The second-order valence-corrected chi connectivity index (χ2v) is 1.98. The Hall–Kier alpha value is -1.79. The topological polar surface area (TPSA) is 65.7 Å². The molecule has 0 aliphatic rings. The van der Waals surface area contributed by atoms with Crippen molar-refractivity contribution < 1.29 is 13.2 Å². The molecule has 7 heteroatoms. The number of H-pyrrole nitrogens is 2. The lowest BCUT2D eigenvalue weighted by molar-refractivity contribution is -0.139. The standard InChI is InChI=1S/C5H3F3N2O2.C2H4/c6-5(7,8)2-1-9-4(12)10-3(2)11;1-2/h1H,(H2,9,10,11,12);1-2H2. The van der Waals surface area contributed by atoms with E-state index in [1.165, 1.54) is 4.98 Å². The van der Waals surface area contributed by atoms with Crippen molar-refractivity contribution >= 4 is 0 Å². The highest BCUT2D eigenvalue weighted by Crippen LogP contribution is 2.24. The van der Waals surface area contributed by atoms with Gasteiger partial charge >= 0.3 is 11.9 Å². The average molecular weight is 208 g/mol. The predicted molar refractivity (Wildman–Crippen MR) is 43.9 cm³/mol. The normalized spacial score (nSPS) is 10.2. The van der Waals surface area contributed by atoms with E-state index in [0.717, 1.165) is 0 Å². The zero-order valence-corrected chi connectivity index (χ0v) is 6.94. The first-order valence-corrected chi connectivity index (χ1v) is 3.30. The Morgan fingerprint density at radius 3 is 2.07 bits per heavy atom. The fourth-order valence-electron chi connectivity index (χ4n) is 0.620. The molecule has 0 aromatic carbocycles. The summed E-state index contributed by atoms with van der Waals surface area (Å²) in [5.41, 5.74) is -3.82. The smallest absolute Gasteiger partial charge is 0.313 e. The van der Waals surface area contributed by atoms with Crippen LogP contribution >= 0.6 is 0 Å². The molecule has 14 heavy (non-hydrogen) atoms. The van der Waals surface area contributed by atoms with Crippen LogP contribution in [-0.4, -0.2) is 9.97 Å². The first-order chi connectivity index (χ1) is 6.41. The van der Waals surface area contributed by atoms with Gasteiger partial charge in [0.1, 0.15) is 5.56 Å². The van der Waals surface area contributed by atoms with Crippen LogP contribution in [-0.2, 0) is 6.18 Å². The fourth-order valence-corrected chi connectivity index (χ4v) is 0.620. The number of hydrogen-bond donors (Lipinski definition) is 2. The van der Waals surface area contributed by atoms with Gasteiger partial charge in [-0.1, -0.05) is 0 Å². The molecule has 4 nitrogen and oxygen atoms in total. The van der Waals surface area contributed by atoms with E-state index in [2.05, 4.69) is 13.2 Å². The molecule has 0 saturated heterocycles. The summed E-state index contributed by atoms with van der Waals surface area (Å²) in [7, 11) is 0. The molecule has 0 unspecified atom stereocenters. The van der Waals surface area contributed by atoms with Crippen LogP contribution in [0, 0.1) is 0 Å². The Kier molecular flexibility index (Phi) is 3.88. The number of hydrogen-bond acceptors (Lipinski definition) is 2. The minimum absolute atomic E-state index is 0.334. The van der Waals surface area contributed by atoms with Crippen molar-refractivity contribution in [2.45, 2.75) is 6.18 Å². The van der Waals surface area contributed by atoms with Gasteiger partial charge in [-0.25, -0.2) is 4.79 Å². The molecule has 0 atom stereocenters. The lowest BCUT2D eigenvalue weighted by Gasteiger charge is -2.02. The number of halogens is 3. The van der Waals surface area contributed by atoms with E-state index >= 15 is 0 Å². The van der Waals surface area contributed by atoms with Crippen molar-refractivity contribution in [3.8, 4) is 0 Å². The molecule has 0 fully saturated rings. The molecular weight excluding hydrogens is 201 g/mol. The quantitative estimate of drug-likeness (QED) is 0.621. The highest BCUT2D eigenvalue weighted by molar-refractivity contribution is 5.07. The molecule has 0 spiro atoms. The van der Waals surface area contributed by atoms with Crippen molar-refractivity contribution in [3.63, 3.8) is 0 Å². The number of aromatic nitrogens is 2. The maximum absolute atomic E-state index is 11.8. The van der Waals surface area contributed by atoms with Gasteiger partial charge in [0.25, 0.3) is 5.56 Å². The fraction of sp³-hybridized carbons (Fsp3) is 0.143. The van der Waals surface area contributed by atoms with Crippen molar-refractivity contribution in [1.29, 1.82) is 0 Å². The van der Waals surface area contributed by atoms with E-state index < -0.39 is 23.0 Å². The van der Waals surface area contributed by atoms with E-state index in [-0.39, 0.29) is 0 Å². The molecule has 2 N–H and O–H groups in total. The van der Waals surface area contributed by atoms with Crippen LogP contribution in [0.3, 0.4) is 0 Å². The number of aromatic amines is 2. The predicted octanol–water partition coefficient (Wildman–Crippen LogP) is 0.884. The molecule has 1 heterocycles. The van der Waals surface area contributed by atoms with Gasteiger partial charge in [0, 0.05) is 6.20 Å². The van der Waals surface area contributed by atoms with Crippen LogP contribution in [0.15, 0.2) is 28.9 Å². The van der Waals surface area contributed by atoms with E-state index in [1.807, 2.05) is 0 Å². The van der Waals surface area contributed by atoms with Crippen LogP contribution in [0.5, 0.6) is 0 Å². The van der Waals surface area contributed by atoms with Crippen LogP contribution in [0.2, 0.25) is 0 Å². The number of rotatable bonds is 0. The lowest BCUT2D eigenvalue weighted by Crippen LogP contribution is -2.28. The maximum Gasteiger partial charge on any atom is 0.423 e. The van der Waals surface area contributed by atoms with Gasteiger partial charge in [-0.05, 0) is 0 Å². The summed E-state index contributed by atoms with van der Waals surface area (Å²) in [6.07, 6.45) is -4.40. The third kappa shape index (κ3) is 2.92. The Morgan fingerprint density at radius 1 is 1.21 bits per heavy atom. The molecule has 78 valence electrons. The second kappa shape index (κ2) is 4.45. The molecule has 0 saturated carbocycles. The van der Waals surface area contributed by atoms with Crippen molar-refractivity contribution in [2.75, 3.05) is 0 Å². The molecular formula is C7H7F3N2O2. The highest BCUT2D eigenvalue weighted by Gasteiger charge is 2.34. The molecule has 1 aromatic rings. The van der Waals surface area contributed by atoms with E-state index in [1.54, 1.807) is 4.98 Å². The maximum atomic E-state index is 11.8. The molecule has 1 rings (SSSR count). The zero-order chi connectivity index (χ0) is 11.4. The minimum Gasteiger partial charge on any atom is -0.313 e. The third-order valence-corrected chi connectivity index (χ3v) is 1.12. The summed E-state index contributed by atoms with van der Waals surface area (Å²) in [6.45, 7) is 6.00. The molecule has 0 amide bonds. The molecule has 0 aliphatic carbocycles. The van der Waals surface area contributed by atoms with E-state index in [9.17, 15) is 22.8 Å². The Balaban J connectivity index is 0.000000791. The number of nitrogens with one attached hydrogen (secondary N) is 2. The minimum atomic E-state index is -4.74. The SMILES string of the molecule is C=C.O=c1[nH]cc(C(F)(F)F)c(=O)[nH]1. The molecule has 0 radical (unpaired) electrons. The van der Waals surface area contributed by atoms with Crippen LogP contribution in [0.1, 0.15) is 5.56 Å². The monoisotopic (exact) mass is 208 g/mol. The Labute approximate surface area is 76.1 Å². The Bertz CT molecular complexity index is 404. The zero-order valence-electron chi connectivity index (χ0n) is 6.94. The van der Waals surface area contributed by atoms with Crippen molar-refractivity contribution in [1.82, 2.24) is 9.97 Å². The average Bonchev–Trinajstić information content (AvgIpc) is 2.05. The van der Waals surface area contributed by atoms with Crippen LogP contribution in [0.4, 0.5) is 13.2 Å². The van der Waals surface area contributed by atoms with Crippen molar-refractivity contribution in [2.24, 2.45) is 0 Å². The van der Waals surface area contributed by atoms with Gasteiger partial charge in [-0.3, -0.25) is 9.78 Å². The summed E-state index contributed by atoms with van der Waals surface area (Å²) < 4.78 is 35.5. The largest absolute Gasteiger partial charge is 0.423 e. The van der Waals surface area contributed by atoms with Gasteiger partial charge < -0.3 is 4.98 Å². The van der Waals surface area contributed by atoms with Crippen molar-refractivity contribution in [3.05, 3.63) is 45.8 Å². The van der Waals surface area contributed by atoms with Gasteiger partial charge in [-0.2, -0.15) is 13.2 Å². The van der Waals surface area contributed by atoms with Gasteiger partial charge in [-0.15, -0.1) is 13.2 Å². The highest BCUT2D eigenvalue weighted by atomic mass is 19.4. The van der Waals surface area contributed by atoms with Gasteiger partial charge in [0.15, 0.2) is 0 Å². The molecule has 1 aromatic heterocycles. The first kappa shape index (κ1) is 12.2. The van der Waals surface area contributed by atoms with Crippen LogP contribution in [0.25, 0.3) is 0 Å². The lowest BCUT2D eigenvalue weighted by atomic mass is 10.3. The van der Waals surface area contributed by atoms with Gasteiger partial charge in [0.2, 0.25) is 0 Å². The van der Waals surface area contributed by atoms with Crippen LogP contribution < -0.4 is 11.2 Å². The second-order valence-electron chi connectivity index (χ2n) is 1.98. The summed E-state index contributed by atoms with van der Waals surface area (Å²) in [4.78, 5) is 24.0. The Morgan fingerprint density at radius 2 is 1.71 bits per heavy atom. The first-order valence-electron chi connectivity index (χ1n) is 3.30. The van der Waals surface area contributed by atoms with E-state index in [0.29, 0.717) is 6.20 Å². The summed E-state index contributed by atoms with van der Waals surface area (Å²) >= 11 is 0. The van der Waals surface area contributed by atoms with E-state index in [4.69, 9.17) is 0 Å². The van der Waals surface area contributed by atoms with Gasteiger partial charge in [0.05, 0.1) is 0 Å².